The summed E-state index contributed by atoms with van der Waals surface area (Å²) in [7, 11) is 0. The van der Waals surface area contributed by atoms with Crippen LogP contribution in [0.15, 0.2) is 0 Å². The van der Waals surface area contributed by atoms with Crippen molar-refractivity contribution < 1.29 is 14.7 Å². The van der Waals surface area contributed by atoms with E-state index >= 15 is 0 Å². The molecule has 3 atom stereocenters. The molecule has 0 bridgehead atoms. The van der Waals surface area contributed by atoms with Crippen LogP contribution in [-0.4, -0.2) is 35.6 Å². The van der Waals surface area contributed by atoms with Crippen molar-refractivity contribution >= 4 is 11.9 Å². The third-order valence-corrected chi connectivity index (χ3v) is 3.26. The summed E-state index contributed by atoms with van der Waals surface area (Å²) in [4.78, 5) is 23.2. The molecule has 17 heavy (non-hydrogen) atoms. The third kappa shape index (κ3) is 3.43. The van der Waals surface area contributed by atoms with Gasteiger partial charge in [0.1, 0.15) is 6.04 Å². The highest BCUT2D eigenvalue weighted by molar-refractivity contribution is 5.86. The molecular weight excluding hydrogens is 220 g/mol. The Balaban J connectivity index is 2.68. The number of carbonyl (C=O) groups is 2. The summed E-state index contributed by atoms with van der Waals surface area (Å²) in [5, 5.41) is 15.0. The van der Waals surface area contributed by atoms with Crippen LogP contribution in [-0.2, 0) is 9.59 Å². The number of aliphatic carboxylic acids is 1. The molecule has 0 saturated carbocycles. The Labute approximate surface area is 102 Å². The van der Waals surface area contributed by atoms with E-state index in [2.05, 4.69) is 10.6 Å². The maximum Gasteiger partial charge on any atom is 0.326 e. The molecule has 2 unspecified atom stereocenters. The molecule has 5 nitrogen and oxygen atoms in total. The highest BCUT2D eigenvalue weighted by atomic mass is 16.4. The number of carbonyl (C=O) groups excluding carboxylic acids is 1. The lowest BCUT2D eigenvalue weighted by Crippen LogP contribution is -2.51. The van der Waals surface area contributed by atoms with Crippen molar-refractivity contribution in [2.75, 3.05) is 6.54 Å². The highest BCUT2D eigenvalue weighted by Gasteiger charge is 2.36. The summed E-state index contributed by atoms with van der Waals surface area (Å²) >= 11 is 0. The third-order valence-electron chi connectivity index (χ3n) is 3.26. The van der Waals surface area contributed by atoms with Crippen molar-refractivity contribution in [2.24, 2.45) is 11.3 Å². The van der Waals surface area contributed by atoms with Crippen LogP contribution in [0.4, 0.5) is 0 Å². The number of carboxylic acid groups (broad SMARTS) is 1. The Morgan fingerprint density at radius 1 is 1.41 bits per heavy atom. The molecule has 1 amide bonds. The van der Waals surface area contributed by atoms with Crippen molar-refractivity contribution in [2.45, 2.75) is 46.2 Å². The first-order valence-electron chi connectivity index (χ1n) is 6.00. The Bertz CT molecular complexity index is 309. The summed E-state index contributed by atoms with van der Waals surface area (Å²) < 4.78 is 0. The second-order valence-electron chi connectivity index (χ2n) is 5.78. The topological polar surface area (TPSA) is 78.4 Å². The number of rotatable bonds is 3. The van der Waals surface area contributed by atoms with Gasteiger partial charge in [0, 0.05) is 6.04 Å². The van der Waals surface area contributed by atoms with Crippen molar-refractivity contribution in [3.05, 3.63) is 0 Å². The van der Waals surface area contributed by atoms with E-state index in [0.29, 0.717) is 0 Å². The number of hydrogen-bond donors (Lipinski definition) is 3. The Morgan fingerprint density at radius 3 is 2.35 bits per heavy atom. The summed E-state index contributed by atoms with van der Waals surface area (Å²) in [5.41, 5.74) is -0.489. The summed E-state index contributed by atoms with van der Waals surface area (Å²) in [6.45, 7) is 8.18. The fourth-order valence-electron chi connectivity index (χ4n) is 2.11. The predicted octanol–water partition coefficient (Wildman–Crippen LogP) is 0.600. The van der Waals surface area contributed by atoms with Crippen molar-refractivity contribution in [1.82, 2.24) is 10.6 Å². The Hall–Kier alpha value is -1.10. The van der Waals surface area contributed by atoms with Gasteiger partial charge in [-0.3, -0.25) is 4.79 Å². The molecule has 0 aromatic rings. The van der Waals surface area contributed by atoms with E-state index in [-0.39, 0.29) is 17.9 Å². The van der Waals surface area contributed by atoms with Crippen LogP contribution >= 0.6 is 0 Å². The number of carboxylic acids is 1. The van der Waals surface area contributed by atoms with Crippen LogP contribution in [0.2, 0.25) is 0 Å². The van der Waals surface area contributed by atoms with Crippen molar-refractivity contribution in [1.29, 1.82) is 0 Å². The Morgan fingerprint density at radius 2 is 2.00 bits per heavy atom. The zero-order valence-corrected chi connectivity index (χ0v) is 10.9. The van der Waals surface area contributed by atoms with Gasteiger partial charge >= 0.3 is 5.97 Å². The minimum Gasteiger partial charge on any atom is -0.480 e. The lowest BCUT2D eigenvalue weighted by atomic mass is 9.86. The molecule has 0 spiro atoms. The molecule has 1 fully saturated rings. The lowest BCUT2D eigenvalue weighted by Gasteiger charge is -2.29. The smallest absolute Gasteiger partial charge is 0.326 e. The van der Waals surface area contributed by atoms with E-state index in [0.717, 1.165) is 13.0 Å². The van der Waals surface area contributed by atoms with Gasteiger partial charge < -0.3 is 15.7 Å². The van der Waals surface area contributed by atoms with Crippen LogP contribution in [0.1, 0.15) is 34.1 Å². The van der Waals surface area contributed by atoms with Crippen molar-refractivity contribution in [3.8, 4) is 0 Å². The minimum atomic E-state index is -0.982. The van der Waals surface area contributed by atoms with Gasteiger partial charge in [-0.2, -0.15) is 0 Å². The fraction of sp³-hybridized carbons (Fsp3) is 0.833. The van der Waals surface area contributed by atoms with Gasteiger partial charge in [-0.05, 0) is 25.3 Å². The molecule has 1 aliphatic rings. The fourth-order valence-corrected chi connectivity index (χ4v) is 2.11. The zero-order valence-electron chi connectivity index (χ0n) is 10.9. The predicted molar refractivity (Wildman–Crippen MR) is 64.6 cm³/mol. The van der Waals surface area contributed by atoms with Gasteiger partial charge in [-0.25, -0.2) is 4.79 Å². The molecule has 0 aliphatic carbocycles. The molecule has 0 aromatic carbocycles. The maximum atomic E-state index is 12.0. The Kier molecular flexibility index (Phi) is 4.14. The molecular formula is C12H22N2O3. The van der Waals surface area contributed by atoms with E-state index in [1.807, 2.05) is 27.7 Å². The summed E-state index contributed by atoms with van der Waals surface area (Å²) in [6, 6.07) is -0.729. The van der Waals surface area contributed by atoms with Crippen LogP contribution in [0, 0.1) is 11.3 Å². The van der Waals surface area contributed by atoms with Gasteiger partial charge in [0.2, 0.25) is 5.91 Å². The van der Waals surface area contributed by atoms with E-state index in [4.69, 9.17) is 5.11 Å². The van der Waals surface area contributed by atoms with Crippen LogP contribution < -0.4 is 10.6 Å². The quantitative estimate of drug-likeness (QED) is 0.677. The first kappa shape index (κ1) is 14.0. The normalized spacial score (nSPS) is 26.6. The number of hydrogen-bond acceptors (Lipinski definition) is 3. The molecule has 1 aliphatic heterocycles. The second-order valence-corrected chi connectivity index (χ2v) is 5.78. The summed E-state index contributed by atoms with van der Waals surface area (Å²) in [6.07, 6.45) is 0.767. The number of nitrogens with one attached hydrogen (secondary N) is 2. The zero-order chi connectivity index (χ0) is 13.2. The van der Waals surface area contributed by atoms with Crippen LogP contribution in [0.25, 0.3) is 0 Å². The largest absolute Gasteiger partial charge is 0.480 e. The molecule has 1 heterocycles. The minimum absolute atomic E-state index is 0.115. The second kappa shape index (κ2) is 5.04. The van der Waals surface area contributed by atoms with E-state index in [1.165, 1.54) is 0 Å². The van der Waals surface area contributed by atoms with Gasteiger partial charge in [0.15, 0.2) is 0 Å². The standard InChI is InChI=1S/C12H22N2O3/c1-7-8(5-6-13-7)10(15)14-9(11(16)17)12(2,3)4/h7-9,13H,5-6H2,1-4H3,(H,14,15)(H,16,17)/t7?,8?,9-/m1/s1. The SMILES string of the molecule is CC1NCCC1C(=O)N[C@H](C(=O)O)C(C)(C)C. The van der Waals surface area contributed by atoms with Gasteiger partial charge in [0.25, 0.3) is 0 Å². The molecule has 1 saturated heterocycles. The molecule has 3 N–H and O–H groups in total. The van der Waals surface area contributed by atoms with Gasteiger partial charge in [-0.1, -0.05) is 20.8 Å². The average Bonchev–Trinajstić information content (AvgIpc) is 2.58. The van der Waals surface area contributed by atoms with Crippen LogP contribution in [0.3, 0.4) is 0 Å². The molecule has 0 radical (unpaired) electrons. The molecule has 0 aromatic heterocycles. The van der Waals surface area contributed by atoms with E-state index < -0.39 is 17.4 Å². The highest BCUT2D eigenvalue weighted by Crippen LogP contribution is 2.21. The van der Waals surface area contributed by atoms with E-state index in [9.17, 15) is 9.59 Å². The average molecular weight is 242 g/mol. The maximum absolute atomic E-state index is 12.0. The first-order valence-corrected chi connectivity index (χ1v) is 6.00. The lowest BCUT2D eigenvalue weighted by molar-refractivity contribution is -0.145. The molecule has 98 valence electrons. The number of amides is 1. The monoisotopic (exact) mass is 242 g/mol. The van der Waals surface area contributed by atoms with Crippen LogP contribution in [0.5, 0.6) is 0 Å². The first-order chi connectivity index (χ1) is 7.73. The van der Waals surface area contributed by atoms with Crippen molar-refractivity contribution in [3.63, 3.8) is 0 Å². The molecule has 5 heteroatoms. The van der Waals surface area contributed by atoms with Gasteiger partial charge in [0.05, 0.1) is 5.92 Å². The summed E-state index contributed by atoms with van der Waals surface area (Å²) in [5.74, 6) is -1.27. The van der Waals surface area contributed by atoms with E-state index in [1.54, 1.807) is 0 Å². The van der Waals surface area contributed by atoms with Gasteiger partial charge in [-0.15, -0.1) is 0 Å². The molecule has 1 rings (SSSR count).